The molecule has 28 heavy (non-hydrogen) atoms. The number of nitrogens with one attached hydrogen (secondary N) is 1. The molecule has 0 atom stereocenters. The minimum atomic E-state index is -0.270. The molecule has 0 unspecified atom stereocenters. The molecule has 1 fully saturated rings. The Balaban J connectivity index is 1.48. The summed E-state index contributed by atoms with van der Waals surface area (Å²) in [5.74, 6) is -0.329. The van der Waals surface area contributed by atoms with E-state index in [-0.39, 0.29) is 30.8 Å². The fourth-order valence-electron chi connectivity index (χ4n) is 3.08. The first kappa shape index (κ1) is 20.2. The van der Waals surface area contributed by atoms with Crippen LogP contribution in [0.1, 0.15) is 12.5 Å². The molecule has 1 N–H and O–H groups in total. The predicted molar refractivity (Wildman–Crippen MR) is 109 cm³/mol. The number of thiazole rings is 1. The Morgan fingerprint density at radius 2 is 1.93 bits per heavy atom. The van der Waals surface area contributed by atoms with Crippen LogP contribution in [-0.4, -0.2) is 83.7 Å². The molecule has 0 saturated carbocycles. The number of benzene rings is 1. The molecule has 2 heterocycles. The smallest absolute Gasteiger partial charge is 0.245 e. The van der Waals surface area contributed by atoms with Crippen LogP contribution >= 0.6 is 11.3 Å². The van der Waals surface area contributed by atoms with E-state index in [0.717, 1.165) is 15.8 Å². The summed E-state index contributed by atoms with van der Waals surface area (Å²) < 4.78 is 1.02. The normalized spacial score (nSPS) is 14.9. The zero-order valence-electron chi connectivity index (χ0n) is 16.4. The number of carbonyl (C=O) groups is 3. The van der Waals surface area contributed by atoms with E-state index in [1.807, 2.05) is 30.0 Å². The summed E-state index contributed by atoms with van der Waals surface area (Å²) in [5.41, 5.74) is 1.99. The Morgan fingerprint density at radius 1 is 1.21 bits per heavy atom. The highest BCUT2D eigenvalue weighted by Gasteiger charge is 2.22. The van der Waals surface area contributed by atoms with Crippen molar-refractivity contribution in [2.45, 2.75) is 13.8 Å². The number of rotatable bonds is 5. The Kier molecular flexibility index (Phi) is 6.25. The molecule has 9 heteroatoms. The van der Waals surface area contributed by atoms with Gasteiger partial charge in [0.15, 0.2) is 5.13 Å². The number of carbonyl (C=O) groups excluding carboxylic acids is 3. The molecule has 1 saturated heterocycles. The monoisotopic (exact) mass is 403 g/mol. The average Bonchev–Trinajstić information content (AvgIpc) is 3.03. The summed E-state index contributed by atoms with van der Waals surface area (Å²) in [6, 6.07) is 5.94. The SMILES string of the molecule is CC(=O)N1CCN(CC(=O)N(C)CC(=O)Nc2nc3ccc(C)cc3s2)CC1. The second-order valence-corrected chi connectivity index (χ2v) is 8.10. The molecule has 150 valence electrons. The minimum absolute atomic E-state index is 0.0266. The summed E-state index contributed by atoms with van der Waals surface area (Å²) >= 11 is 1.42. The number of piperazine rings is 1. The first-order valence-electron chi connectivity index (χ1n) is 9.20. The van der Waals surface area contributed by atoms with Gasteiger partial charge in [-0.25, -0.2) is 4.98 Å². The first-order chi connectivity index (χ1) is 13.3. The van der Waals surface area contributed by atoms with Crippen LogP contribution in [0.5, 0.6) is 0 Å². The molecular weight excluding hydrogens is 378 g/mol. The number of hydrogen-bond donors (Lipinski definition) is 1. The summed E-state index contributed by atoms with van der Waals surface area (Å²) in [4.78, 5) is 45.7. The zero-order chi connectivity index (χ0) is 20.3. The third kappa shape index (κ3) is 5.05. The number of aryl methyl sites for hydroxylation is 1. The molecule has 1 aliphatic heterocycles. The van der Waals surface area contributed by atoms with E-state index in [9.17, 15) is 14.4 Å². The van der Waals surface area contributed by atoms with Gasteiger partial charge in [0.25, 0.3) is 0 Å². The summed E-state index contributed by atoms with van der Waals surface area (Å²) in [6.45, 7) is 6.37. The van der Waals surface area contributed by atoms with Crippen molar-refractivity contribution in [3.8, 4) is 0 Å². The molecule has 1 aromatic carbocycles. The Labute approximate surface area is 168 Å². The first-order valence-corrected chi connectivity index (χ1v) is 10.0. The van der Waals surface area contributed by atoms with Gasteiger partial charge < -0.3 is 15.1 Å². The predicted octanol–water partition coefficient (Wildman–Crippen LogP) is 1.17. The number of amides is 3. The van der Waals surface area contributed by atoms with E-state index >= 15 is 0 Å². The van der Waals surface area contributed by atoms with Gasteiger partial charge >= 0.3 is 0 Å². The maximum atomic E-state index is 12.4. The van der Waals surface area contributed by atoms with Crippen molar-refractivity contribution < 1.29 is 14.4 Å². The zero-order valence-corrected chi connectivity index (χ0v) is 17.2. The van der Waals surface area contributed by atoms with Gasteiger partial charge in [0.05, 0.1) is 23.3 Å². The Morgan fingerprint density at radius 3 is 2.61 bits per heavy atom. The van der Waals surface area contributed by atoms with Gasteiger partial charge in [-0.15, -0.1) is 0 Å². The van der Waals surface area contributed by atoms with Gasteiger partial charge in [-0.1, -0.05) is 17.4 Å². The highest BCUT2D eigenvalue weighted by Crippen LogP contribution is 2.26. The fourth-order valence-corrected chi connectivity index (χ4v) is 4.06. The second-order valence-electron chi connectivity index (χ2n) is 7.07. The van der Waals surface area contributed by atoms with Crippen molar-refractivity contribution >= 4 is 44.4 Å². The third-order valence-electron chi connectivity index (χ3n) is 4.77. The van der Waals surface area contributed by atoms with Crippen molar-refractivity contribution in [2.24, 2.45) is 0 Å². The van der Waals surface area contributed by atoms with Crippen molar-refractivity contribution in [2.75, 3.05) is 51.6 Å². The molecule has 1 aromatic heterocycles. The molecule has 2 aromatic rings. The van der Waals surface area contributed by atoms with E-state index < -0.39 is 0 Å². The van der Waals surface area contributed by atoms with Crippen LogP contribution in [0, 0.1) is 6.92 Å². The van der Waals surface area contributed by atoms with E-state index in [2.05, 4.69) is 10.3 Å². The van der Waals surface area contributed by atoms with Crippen molar-refractivity contribution in [1.29, 1.82) is 0 Å². The van der Waals surface area contributed by atoms with Crippen molar-refractivity contribution in [3.05, 3.63) is 23.8 Å². The number of hydrogen-bond acceptors (Lipinski definition) is 6. The van der Waals surface area contributed by atoms with Crippen LogP contribution in [0.25, 0.3) is 10.2 Å². The fraction of sp³-hybridized carbons (Fsp3) is 0.474. The minimum Gasteiger partial charge on any atom is -0.340 e. The lowest BCUT2D eigenvalue weighted by Crippen LogP contribution is -2.51. The summed E-state index contributed by atoms with van der Waals surface area (Å²) in [7, 11) is 1.62. The van der Waals surface area contributed by atoms with E-state index in [0.29, 0.717) is 31.3 Å². The lowest BCUT2D eigenvalue weighted by Gasteiger charge is -2.34. The molecule has 0 spiro atoms. The maximum Gasteiger partial charge on any atom is 0.245 e. The van der Waals surface area contributed by atoms with Crippen molar-refractivity contribution in [1.82, 2.24) is 19.7 Å². The van der Waals surface area contributed by atoms with Crippen LogP contribution in [0.15, 0.2) is 18.2 Å². The van der Waals surface area contributed by atoms with Gasteiger partial charge in [-0.05, 0) is 24.6 Å². The van der Waals surface area contributed by atoms with Gasteiger partial charge in [0, 0.05) is 40.2 Å². The van der Waals surface area contributed by atoms with Crippen LogP contribution in [0.4, 0.5) is 5.13 Å². The third-order valence-corrected chi connectivity index (χ3v) is 5.71. The van der Waals surface area contributed by atoms with Gasteiger partial charge in [-0.2, -0.15) is 0 Å². The Hall–Kier alpha value is -2.52. The Bertz CT molecular complexity index is 889. The number of anilines is 1. The van der Waals surface area contributed by atoms with Crippen LogP contribution in [0.3, 0.4) is 0 Å². The van der Waals surface area contributed by atoms with Gasteiger partial charge in [0.1, 0.15) is 0 Å². The summed E-state index contributed by atoms with van der Waals surface area (Å²) in [5, 5.41) is 3.31. The summed E-state index contributed by atoms with van der Waals surface area (Å²) in [6.07, 6.45) is 0. The lowest BCUT2D eigenvalue weighted by molar-refractivity contribution is -0.135. The van der Waals surface area contributed by atoms with Gasteiger partial charge in [-0.3, -0.25) is 19.3 Å². The molecule has 8 nitrogen and oxygen atoms in total. The maximum absolute atomic E-state index is 12.4. The molecule has 0 aliphatic carbocycles. The lowest BCUT2D eigenvalue weighted by atomic mass is 10.2. The highest BCUT2D eigenvalue weighted by atomic mass is 32.1. The van der Waals surface area contributed by atoms with E-state index in [4.69, 9.17) is 0 Å². The van der Waals surface area contributed by atoms with E-state index in [1.165, 1.54) is 16.2 Å². The van der Waals surface area contributed by atoms with Crippen LogP contribution in [-0.2, 0) is 14.4 Å². The van der Waals surface area contributed by atoms with Crippen molar-refractivity contribution in [3.63, 3.8) is 0 Å². The number of aromatic nitrogens is 1. The molecule has 1 aliphatic rings. The average molecular weight is 404 g/mol. The quantitative estimate of drug-likeness (QED) is 0.810. The largest absolute Gasteiger partial charge is 0.340 e. The highest BCUT2D eigenvalue weighted by molar-refractivity contribution is 7.22. The molecule has 3 amide bonds. The van der Waals surface area contributed by atoms with Crippen LogP contribution < -0.4 is 5.32 Å². The molecular formula is C19H25N5O3S. The molecule has 0 bridgehead atoms. The second kappa shape index (κ2) is 8.66. The molecule has 3 rings (SSSR count). The van der Waals surface area contributed by atoms with E-state index in [1.54, 1.807) is 18.9 Å². The topological polar surface area (TPSA) is 85.9 Å². The van der Waals surface area contributed by atoms with Gasteiger partial charge in [0.2, 0.25) is 17.7 Å². The number of likely N-dealkylation sites (N-methyl/N-ethyl adjacent to an activating group) is 1. The molecule has 0 radical (unpaired) electrons. The standard InChI is InChI=1S/C19H25N5O3S/c1-13-4-5-15-16(10-13)28-19(20-15)21-17(26)11-22(3)18(27)12-23-6-8-24(9-7-23)14(2)25/h4-5,10H,6-9,11-12H2,1-3H3,(H,20,21,26). The van der Waals surface area contributed by atoms with Crippen LogP contribution in [0.2, 0.25) is 0 Å². The number of nitrogens with zero attached hydrogens (tertiary/aromatic N) is 4. The number of fused-ring (bicyclic) bond motifs is 1.